The van der Waals surface area contributed by atoms with Crippen LogP contribution >= 0.6 is 0 Å². The fourth-order valence-corrected chi connectivity index (χ4v) is 3.76. The summed E-state index contributed by atoms with van der Waals surface area (Å²) in [4.78, 5) is 18.6. The first kappa shape index (κ1) is 19.6. The Bertz CT molecular complexity index is 670. The number of oxime groups is 1. The Hall–Kier alpha value is -2.12. The van der Waals surface area contributed by atoms with Gasteiger partial charge in [0.25, 0.3) is 0 Å². The number of para-hydroxylation sites is 1. The van der Waals surface area contributed by atoms with Crippen molar-refractivity contribution in [2.24, 2.45) is 10.6 Å². The standard InChI is InChI=1S/C20H28N2O5/c1-24-12-9-21-19(23)20(7-10-26-11-8-20)14-15-13-17(22-27-15)16-5-3-4-6-18(16)25-2/h3-6,15H,7-14H2,1-2H3,(H,21,23). The lowest BCUT2D eigenvalue weighted by molar-refractivity contribution is -0.140. The van der Waals surface area contributed by atoms with Crippen LogP contribution < -0.4 is 10.1 Å². The normalized spacial score (nSPS) is 21.3. The highest BCUT2D eigenvalue weighted by Crippen LogP contribution is 2.39. The highest BCUT2D eigenvalue weighted by molar-refractivity contribution is 6.03. The minimum absolute atomic E-state index is 0.0530. The second-order valence-corrected chi connectivity index (χ2v) is 7.02. The quantitative estimate of drug-likeness (QED) is 0.704. The molecule has 1 fully saturated rings. The van der Waals surface area contributed by atoms with Crippen molar-refractivity contribution >= 4 is 11.6 Å². The fraction of sp³-hybridized carbons (Fsp3) is 0.600. The molecule has 0 saturated carbocycles. The molecule has 1 unspecified atom stereocenters. The van der Waals surface area contributed by atoms with Gasteiger partial charge in [-0.05, 0) is 25.0 Å². The predicted molar refractivity (Wildman–Crippen MR) is 101 cm³/mol. The van der Waals surface area contributed by atoms with E-state index >= 15 is 0 Å². The number of amides is 1. The van der Waals surface area contributed by atoms with E-state index in [1.807, 2.05) is 24.3 Å². The molecule has 0 aromatic heterocycles. The molecule has 1 aromatic rings. The smallest absolute Gasteiger partial charge is 0.226 e. The lowest BCUT2D eigenvalue weighted by atomic mass is 9.74. The first-order valence-electron chi connectivity index (χ1n) is 9.39. The molecule has 0 bridgehead atoms. The van der Waals surface area contributed by atoms with Gasteiger partial charge in [-0.1, -0.05) is 17.3 Å². The Labute approximate surface area is 160 Å². The number of rotatable bonds is 8. The van der Waals surface area contributed by atoms with E-state index in [4.69, 9.17) is 19.0 Å². The maximum Gasteiger partial charge on any atom is 0.226 e. The van der Waals surface area contributed by atoms with Gasteiger partial charge < -0.3 is 24.4 Å². The summed E-state index contributed by atoms with van der Waals surface area (Å²) in [6, 6.07) is 7.77. The Balaban J connectivity index is 1.66. The largest absolute Gasteiger partial charge is 0.496 e. The molecule has 2 aliphatic heterocycles. The Kier molecular flexibility index (Phi) is 6.68. The minimum Gasteiger partial charge on any atom is -0.496 e. The van der Waals surface area contributed by atoms with Crippen LogP contribution in [0.15, 0.2) is 29.4 Å². The Morgan fingerprint density at radius 3 is 2.81 bits per heavy atom. The number of carbonyl (C=O) groups excluding carboxylic acids is 1. The number of benzene rings is 1. The molecule has 1 saturated heterocycles. The number of nitrogens with zero attached hydrogens (tertiary/aromatic N) is 1. The van der Waals surface area contributed by atoms with Gasteiger partial charge in [0.1, 0.15) is 11.9 Å². The summed E-state index contributed by atoms with van der Waals surface area (Å²) in [7, 11) is 3.27. The molecule has 0 aliphatic carbocycles. The van der Waals surface area contributed by atoms with Crippen LogP contribution in [0, 0.1) is 5.41 Å². The zero-order valence-electron chi connectivity index (χ0n) is 16.0. The maximum absolute atomic E-state index is 12.9. The first-order chi connectivity index (χ1) is 13.2. The van der Waals surface area contributed by atoms with Crippen LogP contribution in [0.25, 0.3) is 0 Å². The van der Waals surface area contributed by atoms with E-state index in [0.717, 1.165) is 17.0 Å². The molecule has 2 heterocycles. The van der Waals surface area contributed by atoms with Gasteiger partial charge >= 0.3 is 0 Å². The van der Waals surface area contributed by atoms with Crippen LogP contribution in [0.3, 0.4) is 0 Å². The Morgan fingerprint density at radius 1 is 1.30 bits per heavy atom. The van der Waals surface area contributed by atoms with Gasteiger partial charge in [-0.3, -0.25) is 4.79 Å². The van der Waals surface area contributed by atoms with E-state index in [-0.39, 0.29) is 12.0 Å². The van der Waals surface area contributed by atoms with E-state index in [1.165, 1.54) is 0 Å². The molecule has 148 valence electrons. The van der Waals surface area contributed by atoms with Crippen molar-refractivity contribution in [2.75, 3.05) is 40.6 Å². The van der Waals surface area contributed by atoms with Crippen molar-refractivity contribution < 1.29 is 23.8 Å². The average molecular weight is 376 g/mol. The molecule has 1 atom stereocenters. The minimum atomic E-state index is -0.484. The van der Waals surface area contributed by atoms with Crippen LogP contribution in [0.2, 0.25) is 0 Å². The van der Waals surface area contributed by atoms with E-state index in [2.05, 4.69) is 10.5 Å². The van der Waals surface area contributed by atoms with Crippen molar-refractivity contribution in [3.63, 3.8) is 0 Å². The molecule has 3 rings (SSSR count). The molecule has 1 aromatic carbocycles. The SMILES string of the molecule is COCCNC(=O)C1(CC2CC(c3ccccc3OC)=NO2)CCOCC1. The summed E-state index contributed by atoms with van der Waals surface area (Å²) in [5.74, 6) is 0.829. The monoisotopic (exact) mass is 376 g/mol. The zero-order valence-corrected chi connectivity index (χ0v) is 16.0. The topological polar surface area (TPSA) is 78.4 Å². The summed E-state index contributed by atoms with van der Waals surface area (Å²) >= 11 is 0. The zero-order chi connectivity index (χ0) is 19.1. The van der Waals surface area contributed by atoms with Crippen LogP contribution in [-0.4, -0.2) is 58.3 Å². The van der Waals surface area contributed by atoms with Gasteiger partial charge in [0, 0.05) is 45.3 Å². The third kappa shape index (κ3) is 4.59. The second-order valence-electron chi connectivity index (χ2n) is 7.02. The van der Waals surface area contributed by atoms with Crippen molar-refractivity contribution in [3.8, 4) is 5.75 Å². The number of nitrogens with one attached hydrogen (secondary N) is 1. The molecular formula is C20H28N2O5. The summed E-state index contributed by atoms with van der Waals surface area (Å²) in [5.41, 5.74) is 1.31. The molecule has 7 nitrogen and oxygen atoms in total. The molecule has 0 spiro atoms. The van der Waals surface area contributed by atoms with Crippen LogP contribution in [0.5, 0.6) is 5.75 Å². The summed E-state index contributed by atoms with van der Waals surface area (Å²) in [6.45, 7) is 2.18. The van der Waals surface area contributed by atoms with Crippen molar-refractivity contribution in [1.82, 2.24) is 5.32 Å². The van der Waals surface area contributed by atoms with Gasteiger partial charge in [0.05, 0.1) is 24.8 Å². The summed E-state index contributed by atoms with van der Waals surface area (Å²) in [6.07, 6.45) is 2.54. The Morgan fingerprint density at radius 2 is 2.07 bits per heavy atom. The van der Waals surface area contributed by atoms with Gasteiger partial charge in [0.2, 0.25) is 5.91 Å². The van der Waals surface area contributed by atoms with E-state index < -0.39 is 5.41 Å². The maximum atomic E-state index is 12.9. The van der Waals surface area contributed by atoms with Crippen molar-refractivity contribution in [2.45, 2.75) is 31.8 Å². The fourth-order valence-electron chi connectivity index (χ4n) is 3.76. The van der Waals surface area contributed by atoms with E-state index in [0.29, 0.717) is 52.0 Å². The number of carbonyl (C=O) groups is 1. The summed E-state index contributed by atoms with van der Waals surface area (Å²) < 4.78 is 16.0. The lowest BCUT2D eigenvalue weighted by Crippen LogP contribution is -2.47. The molecule has 7 heteroatoms. The van der Waals surface area contributed by atoms with E-state index in [9.17, 15) is 4.79 Å². The first-order valence-corrected chi connectivity index (χ1v) is 9.39. The molecule has 0 radical (unpaired) electrons. The van der Waals surface area contributed by atoms with Gasteiger partial charge in [-0.25, -0.2) is 0 Å². The highest BCUT2D eigenvalue weighted by atomic mass is 16.6. The summed E-state index contributed by atoms with van der Waals surface area (Å²) in [5, 5.41) is 7.28. The molecular weight excluding hydrogens is 348 g/mol. The lowest BCUT2D eigenvalue weighted by Gasteiger charge is -2.36. The van der Waals surface area contributed by atoms with Crippen LogP contribution in [0.4, 0.5) is 0 Å². The second kappa shape index (κ2) is 9.19. The third-order valence-electron chi connectivity index (χ3n) is 5.29. The van der Waals surface area contributed by atoms with Gasteiger partial charge in [-0.15, -0.1) is 0 Å². The van der Waals surface area contributed by atoms with Gasteiger partial charge in [-0.2, -0.15) is 0 Å². The average Bonchev–Trinajstić information content (AvgIpc) is 3.16. The van der Waals surface area contributed by atoms with Crippen LogP contribution in [-0.2, 0) is 19.1 Å². The number of hydrogen-bond acceptors (Lipinski definition) is 6. The third-order valence-corrected chi connectivity index (χ3v) is 5.29. The van der Waals surface area contributed by atoms with Crippen molar-refractivity contribution in [3.05, 3.63) is 29.8 Å². The molecule has 1 N–H and O–H groups in total. The molecule has 1 amide bonds. The van der Waals surface area contributed by atoms with Crippen LogP contribution in [0.1, 0.15) is 31.2 Å². The predicted octanol–water partition coefficient (Wildman–Crippen LogP) is 2.14. The van der Waals surface area contributed by atoms with E-state index in [1.54, 1.807) is 14.2 Å². The highest BCUT2D eigenvalue weighted by Gasteiger charge is 2.43. The number of hydrogen-bond donors (Lipinski definition) is 1. The van der Waals surface area contributed by atoms with Crippen molar-refractivity contribution in [1.29, 1.82) is 0 Å². The molecule has 2 aliphatic rings. The van der Waals surface area contributed by atoms with Gasteiger partial charge in [0.15, 0.2) is 0 Å². The number of methoxy groups -OCH3 is 2. The molecule has 27 heavy (non-hydrogen) atoms. The number of ether oxygens (including phenoxy) is 3.